The number of aromatic nitrogens is 3. The first-order valence-corrected chi connectivity index (χ1v) is 9.19. The van der Waals surface area contributed by atoms with Crippen molar-refractivity contribution in [2.45, 2.75) is 63.5 Å². The molecule has 0 bridgehead atoms. The van der Waals surface area contributed by atoms with Crippen LogP contribution >= 0.6 is 0 Å². The van der Waals surface area contributed by atoms with E-state index in [1.165, 1.54) is 12.8 Å². The van der Waals surface area contributed by atoms with Gasteiger partial charge in [0, 0.05) is 13.1 Å². The highest BCUT2D eigenvalue weighted by atomic mass is 15.5. The Morgan fingerprint density at radius 1 is 1.29 bits per heavy atom. The normalized spacial score (nSPS) is 30.5. The number of nitriles is 1. The van der Waals surface area contributed by atoms with Gasteiger partial charge in [-0.15, -0.1) is 5.10 Å². The summed E-state index contributed by atoms with van der Waals surface area (Å²) in [6.45, 7) is 6.21. The lowest BCUT2D eigenvalue weighted by Crippen LogP contribution is -2.45. The lowest BCUT2D eigenvalue weighted by molar-refractivity contribution is 0.160. The molecule has 0 aromatic carbocycles. The molecule has 1 saturated carbocycles. The SMILES string of the molecule is CC1CCC([C@](C)(N)c2cn(C3(C#N)CCN(C)CC3)nn2)CC1. The molecule has 132 valence electrons. The van der Waals surface area contributed by atoms with Gasteiger partial charge in [0.25, 0.3) is 0 Å². The molecule has 1 atom stereocenters. The highest BCUT2D eigenvalue weighted by Gasteiger charge is 2.40. The molecular formula is C18H30N6. The minimum atomic E-state index is -0.574. The summed E-state index contributed by atoms with van der Waals surface area (Å²) in [6.07, 6.45) is 8.27. The van der Waals surface area contributed by atoms with E-state index in [1.807, 2.05) is 6.20 Å². The van der Waals surface area contributed by atoms with Crippen molar-refractivity contribution >= 4 is 0 Å². The minimum Gasteiger partial charge on any atom is -0.320 e. The first-order valence-electron chi connectivity index (χ1n) is 9.19. The third-order valence-corrected chi connectivity index (χ3v) is 6.37. The zero-order valence-electron chi connectivity index (χ0n) is 15.2. The maximum atomic E-state index is 9.78. The third-order valence-electron chi connectivity index (χ3n) is 6.37. The topological polar surface area (TPSA) is 83.8 Å². The number of hydrogen-bond donors (Lipinski definition) is 1. The second-order valence-electron chi connectivity index (χ2n) is 8.23. The highest BCUT2D eigenvalue weighted by Crippen LogP contribution is 2.39. The molecule has 6 nitrogen and oxygen atoms in total. The summed E-state index contributed by atoms with van der Waals surface area (Å²) in [7, 11) is 2.09. The number of piperidine rings is 1. The number of nitrogens with zero attached hydrogens (tertiary/aromatic N) is 5. The van der Waals surface area contributed by atoms with Crippen molar-refractivity contribution in [2.75, 3.05) is 20.1 Å². The molecule has 6 heteroatoms. The summed E-state index contributed by atoms with van der Waals surface area (Å²) in [5.74, 6) is 1.24. The van der Waals surface area contributed by atoms with Gasteiger partial charge in [0.1, 0.15) is 5.69 Å². The maximum absolute atomic E-state index is 9.78. The van der Waals surface area contributed by atoms with E-state index in [0.29, 0.717) is 5.92 Å². The fourth-order valence-corrected chi connectivity index (χ4v) is 4.17. The molecule has 2 fully saturated rings. The Labute approximate surface area is 145 Å². The van der Waals surface area contributed by atoms with E-state index in [9.17, 15) is 5.26 Å². The first-order chi connectivity index (χ1) is 11.4. The van der Waals surface area contributed by atoms with Crippen molar-refractivity contribution in [3.63, 3.8) is 0 Å². The molecule has 3 rings (SSSR count). The molecule has 0 radical (unpaired) electrons. The average Bonchev–Trinajstić information content (AvgIpc) is 3.08. The van der Waals surface area contributed by atoms with Crippen molar-refractivity contribution in [1.29, 1.82) is 5.26 Å². The maximum Gasteiger partial charge on any atom is 0.152 e. The Hall–Kier alpha value is -1.45. The summed E-state index contributed by atoms with van der Waals surface area (Å²) >= 11 is 0. The van der Waals surface area contributed by atoms with E-state index in [4.69, 9.17) is 5.73 Å². The Bertz CT molecular complexity index is 597. The van der Waals surface area contributed by atoms with Crippen LogP contribution in [0.1, 0.15) is 58.1 Å². The van der Waals surface area contributed by atoms with E-state index in [0.717, 1.165) is 50.4 Å². The second-order valence-corrected chi connectivity index (χ2v) is 8.23. The van der Waals surface area contributed by atoms with Crippen LogP contribution in [0.3, 0.4) is 0 Å². The number of nitrogens with two attached hydrogens (primary N) is 1. The molecular weight excluding hydrogens is 300 g/mol. The van der Waals surface area contributed by atoms with Crippen molar-refractivity contribution in [1.82, 2.24) is 19.9 Å². The van der Waals surface area contributed by atoms with Crippen LogP contribution in [-0.2, 0) is 11.1 Å². The summed E-state index contributed by atoms with van der Waals surface area (Å²) < 4.78 is 1.78. The first kappa shape index (κ1) is 17.4. The Morgan fingerprint density at radius 2 is 1.92 bits per heavy atom. The quantitative estimate of drug-likeness (QED) is 0.918. The Balaban J connectivity index is 1.80. The zero-order valence-corrected chi connectivity index (χ0v) is 15.2. The summed E-state index contributed by atoms with van der Waals surface area (Å²) in [5.41, 5.74) is 6.48. The molecule has 1 aliphatic heterocycles. The molecule has 1 aromatic rings. The zero-order chi connectivity index (χ0) is 17.4. The van der Waals surface area contributed by atoms with Gasteiger partial charge in [0.2, 0.25) is 0 Å². The lowest BCUT2D eigenvalue weighted by Gasteiger charge is -2.37. The van der Waals surface area contributed by atoms with Crippen molar-refractivity contribution in [2.24, 2.45) is 17.6 Å². The number of hydrogen-bond acceptors (Lipinski definition) is 5. The summed E-state index contributed by atoms with van der Waals surface area (Å²) in [6, 6.07) is 2.50. The minimum absolute atomic E-state index is 0.439. The van der Waals surface area contributed by atoms with E-state index in [2.05, 4.69) is 42.2 Å². The van der Waals surface area contributed by atoms with Crippen LogP contribution in [0.15, 0.2) is 6.20 Å². The van der Waals surface area contributed by atoms with Gasteiger partial charge in [0.15, 0.2) is 5.54 Å². The standard InChI is InChI=1S/C18H30N6/c1-14-4-6-15(7-5-14)17(2,20)16-12-24(22-21-16)18(13-19)8-10-23(3)11-9-18/h12,14-15H,4-11,20H2,1-3H3/t14?,15?,17-/m0/s1. The van der Waals surface area contributed by atoms with Crippen LogP contribution in [0, 0.1) is 23.2 Å². The van der Waals surface area contributed by atoms with Crippen LogP contribution in [0.4, 0.5) is 0 Å². The Kier molecular flexibility index (Phi) is 4.67. The second kappa shape index (κ2) is 6.45. The summed E-state index contributed by atoms with van der Waals surface area (Å²) in [5, 5.41) is 18.5. The molecule has 24 heavy (non-hydrogen) atoms. The third kappa shape index (κ3) is 3.07. The van der Waals surface area contributed by atoms with Gasteiger partial charge in [-0.2, -0.15) is 5.26 Å². The molecule has 1 aliphatic carbocycles. The van der Waals surface area contributed by atoms with E-state index in [-0.39, 0.29) is 0 Å². The van der Waals surface area contributed by atoms with Crippen molar-refractivity contribution < 1.29 is 0 Å². The Morgan fingerprint density at radius 3 is 2.50 bits per heavy atom. The largest absolute Gasteiger partial charge is 0.320 e. The molecule has 2 heterocycles. The highest BCUT2D eigenvalue weighted by molar-refractivity contribution is 5.15. The fourth-order valence-electron chi connectivity index (χ4n) is 4.17. The molecule has 0 unspecified atom stereocenters. The smallest absolute Gasteiger partial charge is 0.152 e. The molecule has 2 N–H and O–H groups in total. The van der Waals surface area contributed by atoms with Crippen LogP contribution in [-0.4, -0.2) is 40.0 Å². The number of likely N-dealkylation sites (tertiary alicyclic amines) is 1. The van der Waals surface area contributed by atoms with Crippen LogP contribution in [0.25, 0.3) is 0 Å². The van der Waals surface area contributed by atoms with Gasteiger partial charge < -0.3 is 10.6 Å². The van der Waals surface area contributed by atoms with Crippen LogP contribution < -0.4 is 5.73 Å². The van der Waals surface area contributed by atoms with Gasteiger partial charge in [-0.25, -0.2) is 4.68 Å². The van der Waals surface area contributed by atoms with Crippen molar-refractivity contribution in [3.8, 4) is 6.07 Å². The van der Waals surface area contributed by atoms with Crippen LogP contribution in [0.5, 0.6) is 0 Å². The monoisotopic (exact) mass is 330 g/mol. The van der Waals surface area contributed by atoms with Gasteiger partial charge in [-0.1, -0.05) is 25.0 Å². The van der Waals surface area contributed by atoms with E-state index in [1.54, 1.807) is 4.68 Å². The predicted octanol–water partition coefficient (Wildman–Crippen LogP) is 2.22. The van der Waals surface area contributed by atoms with E-state index < -0.39 is 11.1 Å². The fraction of sp³-hybridized carbons (Fsp3) is 0.833. The summed E-state index contributed by atoms with van der Waals surface area (Å²) in [4.78, 5) is 2.25. The van der Waals surface area contributed by atoms with Gasteiger partial charge >= 0.3 is 0 Å². The van der Waals surface area contributed by atoms with E-state index >= 15 is 0 Å². The van der Waals surface area contributed by atoms with Gasteiger partial charge in [0.05, 0.1) is 17.8 Å². The molecule has 2 aliphatic rings. The van der Waals surface area contributed by atoms with Gasteiger partial charge in [-0.3, -0.25) is 0 Å². The molecule has 0 amide bonds. The van der Waals surface area contributed by atoms with Gasteiger partial charge in [-0.05, 0) is 51.5 Å². The van der Waals surface area contributed by atoms with Crippen LogP contribution in [0.2, 0.25) is 0 Å². The predicted molar refractivity (Wildman–Crippen MR) is 93.0 cm³/mol. The lowest BCUT2D eigenvalue weighted by atomic mass is 9.72. The molecule has 1 saturated heterocycles. The molecule has 1 aromatic heterocycles. The number of rotatable bonds is 3. The average molecular weight is 330 g/mol. The van der Waals surface area contributed by atoms with Crippen molar-refractivity contribution in [3.05, 3.63) is 11.9 Å². The molecule has 0 spiro atoms.